The van der Waals surface area contributed by atoms with Gasteiger partial charge in [-0.1, -0.05) is 0 Å². The van der Waals surface area contributed by atoms with E-state index in [-0.39, 0.29) is 11.8 Å². The number of aromatic nitrogens is 2. The number of hydrogen-bond donors (Lipinski definition) is 1. The van der Waals surface area contributed by atoms with Crippen LogP contribution in [0, 0.1) is 12.8 Å². The molecule has 0 spiro atoms. The van der Waals surface area contributed by atoms with Gasteiger partial charge in [-0.15, -0.1) is 10.2 Å². The molecule has 7 nitrogen and oxygen atoms in total. The molecule has 3 heterocycles. The van der Waals surface area contributed by atoms with E-state index >= 15 is 0 Å². The Morgan fingerprint density at radius 1 is 1.16 bits per heavy atom. The van der Waals surface area contributed by atoms with Gasteiger partial charge in [-0.05, 0) is 45.1 Å². The lowest BCUT2D eigenvalue weighted by molar-refractivity contribution is -0.127. The Hall–Kier alpha value is -1.47. The molecular weight excluding hydrogens is 318 g/mol. The third-order valence-corrected chi connectivity index (χ3v) is 5.75. The quantitative estimate of drug-likeness (QED) is 0.866. The summed E-state index contributed by atoms with van der Waals surface area (Å²) in [4.78, 5) is 17.3. The summed E-state index contributed by atoms with van der Waals surface area (Å²) >= 11 is 0. The van der Waals surface area contributed by atoms with Gasteiger partial charge in [0.25, 0.3) is 0 Å². The van der Waals surface area contributed by atoms with Gasteiger partial charge in [0.2, 0.25) is 17.7 Å². The molecule has 0 unspecified atom stereocenters. The molecule has 1 saturated carbocycles. The maximum atomic E-state index is 12.4. The van der Waals surface area contributed by atoms with Gasteiger partial charge in [0.15, 0.2) is 0 Å². The summed E-state index contributed by atoms with van der Waals surface area (Å²) in [6.45, 7) is 6.77. The molecule has 0 bridgehead atoms. The van der Waals surface area contributed by atoms with Crippen LogP contribution in [-0.4, -0.2) is 64.2 Å². The first-order valence-corrected chi connectivity index (χ1v) is 9.73. The van der Waals surface area contributed by atoms with Crippen LogP contribution < -0.4 is 5.32 Å². The molecule has 1 aromatic rings. The van der Waals surface area contributed by atoms with E-state index in [0.29, 0.717) is 23.9 Å². The van der Waals surface area contributed by atoms with Gasteiger partial charge in [-0.2, -0.15) is 0 Å². The van der Waals surface area contributed by atoms with Gasteiger partial charge in [-0.25, -0.2) is 0 Å². The molecule has 1 N–H and O–H groups in total. The average molecular weight is 347 g/mol. The first kappa shape index (κ1) is 17.0. The SMILES string of the molecule is Cc1nnc(CN2CCC(N3CCC[C@H](C(=O)NC4CC4)C3)CC2)o1. The fourth-order valence-electron chi connectivity index (χ4n) is 4.13. The third-order valence-electron chi connectivity index (χ3n) is 5.75. The second kappa shape index (κ2) is 7.41. The fourth-order valence-corrected chi connectivity index (χ4v) is 4.13. The van der Waals surface area contributed by atoms with Gasteiger partial charge in [0.05, 0.1) is 12.5 Å². The van der Waals surface area contributed by atoms with E-state index in [1.807, 2.05) is 6.92 Å². The van der Waals surface area contributed by atoms with Crippen molar-refractivity contribution >= 4 is 5.91 Å². The van der Waals surface area contributed by atoms with Crippen molar-refractivity contribution in [1.82, 2.24) is 25.3 Å². The van der Waals surface area contributed by atoms with E-state index < -0.39 is 0 Å². The number of carbonyl (C=O) groups excluding carboxylic acids is 1. The summed E-state index contributed by atoms with van der Waals surface area (Å²) in [7, 11) is 0. The summed E-state index contributed by atoms with van der Waals surface area (Å²) in [6.07, 6.45) is 6.84. The highest BCUT2D eigenvalue weighted by Crippen LogP contribution is 2.26. The number of piperidine rings is 2. The first-order chi connectivity index (χ1) is 12.2. The smallest absolute Gasteiger partial charge is 0.230 e. The standard InChI is InChI=1S/C18H29N5O2/c1-13-20-21-17(25-13)12-22-9-6-16(7-10-22)23-8-2-3-14(11-23)18(24)19-15-4-5-15/h14-16H,2-12H2,1H3,(H,19,24)/t14-/m0/s1. The molecule has 1 aliphatic carbocycles. The van der Waals surface area contributed by atoms with E-state index in [0.717, 1.165) is 58.4 Å². The molecule has 1 aromatic heterocycles. The summed E-state index contributed by atoms with van der Waals surface area (Å²) < 4.78 is 5.49. The van der Waals surface area contributed by atoms with Crippen LogP contribution in [0.25, 0.3) is 0 Å². The molecule has 1 amide bonds. The fraction of sp³-hybridized carbons (Fsp3) is 0.833. The third kappa shape index (κ3) is 4.39. The van der Waals surface area contributed by atoms with E-state index in [9.17, 15) is 4.79 Å². The van der Waals surface area contributed by atoms with Crippen molar-refractivity contribution in [2.75, 3.05) is 26.2 Å². The van der Waals surface area contributed by atoms with Crippen molar-refractivity contribution in [2.24, 2.45) is 5.92 Å². The summed E-state index contributed by atoms with van der Waals surface area (Å²) in [6, 6.07) is 1.08. The van der Waals surface area contributed by atoms with Crippen molar-refractivity contribution in [3.8, 4) is 0 Å². The molecule has 0 aromatic carbocycles. The van der Waals surface area contributed by atoms with Crippen LogP contribution in [0.3, 0.4) is 0 Å². The highest BCUT2D eigenvalue weighted by atomic mass is 16.4. The van der Waals surface area contributed by atoms with Gasteiger partial charge < -0.3 is 9.73 Å². The Labute approximate surface area is 149 Å². The first-order valence-electron chi connectivity index (χ1n) is 9.73. The minimum absolute atomic E-state index is 0.189. The molecule has 138 valence electrons. The van der Waals surface area contributed by atoms with E-state index in [1.54, 1.807) is 0 Å². The predicted molar refractivity (Wildman–Crippen MR) is 92.8 cm³/mol. The van der Waals surface area contributed by atoms with Crippen molar-refractivity contribution in [1.29, 1.82) is 0 Å². The lowest BCUT2D eigenvalue weighted by Crippen LogP contribution is -2.50. The molecule has 2 aliphatic heterocycles. The Morgan fingerprint density at radius 2 is 1.96 bits per heavy atom. The number of nitrogens with one attached hydrogen (secondary N) is 1. The monoisotopic (exact) mass is 347 g/mol. The van der Waals surface area contributed by atoms with Gasteiger partial charge in [-0.3, -0.25) is 14.6 Å². The lowest BCUT2D eigenvalue weighted by atomic mass is 9.93. The Balaban J connectivity index is 1.24. The van der Waals surface area contributed by atoms with E-state index in [2.05, 4.69) is 25.3 Å². The highest BCUT2D eigenvalue weighted by molar-refractivity contribution is 5.79. The van der Waals surface area contributed by atoms with Gasteiger partial charge in [0, 0.05) is 38.6 Å². The number of nitrogens with zero attached hydrogens (tertiary/aromatic N) is 4. The Kier molecular flexibility index (Phi) is 5.03. The zero-order chi connectivity index (χ0) is 17.2. The Morgan fingerprint density at radius 3 is 2.64 bits per heavy atom. The molecular formula is C18H29N5O2. The number of amides is 1. The minimum atomic E-state index is 0.189. The summed E-state index contributed by atoms with van der Waals surface area (Å²) in [5.74, 6) is 1.82. The molecule has 3 fully saturated rings. The number of carbonyl (C=O) groups is 1. The molecule has 7 heteroatoms. The lowest BCUT2D eigenvalue weighted by Gasteiger charge is -2.41. The van der Waals surface area contributed by atoms with Crippen LogP contribution in [-0.2, 0) is 11.3 Å². The van der Waals surface area contributed by atoms with Crippen molar-refractivity contribution < 1.29 is 9.21 Å². The average Bonchev–Trinajstić information content (AvgIpc) is 3.35. The van der Waals surface area contributed by atoms with Crippen molar-refractivity contribution in [2.45, 2.75) is 64.1 Å². The van der Waals surface area contributed by atoms with E-state index in [4.69, 9.17) is 4.42 Å². The number of aryl methyl sites for hydroxylation is 1. The van der Waals surface area contributed by atoms with Crippen LogP contribution in [0.2, 0.25) is 0 Å². The van der Waals surface area contributed by atoms with Crippen LogP contribution in [0.1, 0.15) is 50.3 Å². The normalized spacial score (nSPS) is 26.7. The second-order valence-electron chi connectivity index (χ2n) is 7.84. The summed E-state index contributed by atoms with van der Waals surface area (Å²) in [5.41, 5.74) is 0. The maximum absolute atomic E-state index is 12.4. The van der Waals surface area contributed by atoms with Crippen LogP contribution in [0.15, 0.2) is 4.42 Å². The molecule has 25 heavy (non-hydrogen) atoms. The second-order valence-corrected chi connectivity index (χ2v) is 7.84. The zero-order valence-electron chi connectivity index (χ0n) is 15.1. The topological polar surface area (TPSA) is 74.5 Å². The molecule has 0 radical (unpaired) electrons. The van der Waals surface area contributed by atoms with E-state index in [1.165, 1.54) is 12.8 Å². The van der Waals surface area contributed by atoms with Crippen molar-refractivity contribution in [3.63, 3.8) is 0 Å². The maximum Gasteiger partial charge on any atom is 0.230 e. The highest BCUT2D eigenvalue weighted by Gasteiger charge is 2.33. The Bertz CT molecular complexity index is 592. The molecule has 3 aliphatic rings. The zero-order valence-corrected chi connectivity index (χ0v) is 15.1. The predicted octanol–water partition coefficient (Wildman–Crippen LogP) is 1.33. The number of likely N-dealkylation sites (tertiary alicyclic amines) is 2. The van der Waals surface area contributed by atoms with Gasteiger partial charge >= 0.3 is 0 Å². The van der Waals surface area contributed by atoms with Gasteiger partial charge in [0.1, 0.15) is 0 Å². The number of hydrogen-bond acceptors (Lipinski definition) is 6. The van der Waals surface area contributed by atoms with Crippen LogP contribution in [0.4, 0.5) is 0 Å². The van der Waals surface area contributed by atoms with Crippen LogP contribution >= 0.6 is 0 Å². The summed E-state index contributed by atoms with van der Waals surface area (Å²) in [5, 5.41) is 11.2. The molecule has 1 atom stereocenters. The van der Waals surface area contributed by atoms with Crippen molar-refractivity contribution in [3.05, 3.63) is 11.8 Å². The minimum Gasteiger partial charge on any atom is -0.424 e. The molecule has 2 saturated heterocycles. The number of rotatable bonds is 5. The largest absolute Gasteiger partial charge is 0.424 e. The van der Waals surface area contributed by atoms with Crippen LogP contribution in [0.5, 0.6) is 0 Å². The molecule has 4 rings (SSSR count).